The number of sulfonamides is 1. The summed E-state index contributed by atoms with van der Waals surface area (Å²) in [6, 6.07) is 9.45. The zero-order chi connectivity index (χ0) is 18.8. The quantitative estimate of drug-likeness (QED) is 0.801. The Labute approximate surface area is 156 Å². The standard InChI is InChI=1S/C17H17Cl2NO4S/c1-11-12(4-3-5-15(11)19)10-16(17(21)22)20(2)25(23,24)14-8-6-13(18)7-9-14/h3-9,16H,10H2,1-2H3,(H,21,22)/t16-/m1/s1. The number of hydrogen-bond donors (Lipinski definition) is 1. The van der Waals surface area contributed by atoms with Gasteiger partial charge in [-0.2, -0.15) is 4.31 Å². The number of aliphatic carboxylic acids is 1. The molecule has 1 atom stereocenters. The highest BCUT2D eigenvalue weighted by atomic mass is 35.5. The molecule has 134 valence electrons. The van der Waals surface area contributed by atoms with Crippen LogP contribution in [0.2, 0.25) is 10.0 Å². The van der Waals surface area contributed by atoms with Crippen molar-refractivity contribution in [3.8, 4) is 0 Å². The fourth-order valence-electron chi connectivity index (χ4n) is 2.39. The number of rotatable bonds is 6. The lowest BCUT2D eigenvalue weighted by Crippen LogP contribution is -2.43. The second-order valence-electron chi connectivity index (χ2n) is 5.56. The summed E-state index contributed by atoms with van der Waals surface area (Å²) in [5.74, 6) is -1.24. The van der Waals surface area contributed by atoms with Crippen LogP contribution in [0.4, 0.5) is 0 Å². The van der Waals surface area contributed by atoms with E-state index in [2.05, 4.69) is 0 Å². The van der Waals surface area contributed by atoms with Gasteiger partial charge in [-0.1, -0.05) is 35.3 Å². The van der Waals surface area contributed by atoms with E-state index in [-0.39, 0.29) is 11.3 Å². The second kappa shape index (κ2) is 7.74. The number of nitrogens with zero attached hydrogens (tertiary/aromatic N) is 1. The van der Waals surface area contributed by atoms with Crippen molar-refractivity contribution in [2.45, 2.75) is 24.3 Å². The summed E-state index contributed by atoms with van der Waals surface area (Å²) in [4.78, 5) is 11.7. The molecule has 0 aromatic heterocycles. The van der Waals surface area contributed by atoms with E-state index in [0.29, 0.717) is 15.6 Å². The summed E-state index contributed by atoms with van der Waals surface area (Å²) in [5, 5.41) is 10.5. The maximum absolute atomic E-state index is 12.7. The molecule has 0 aliphatic heterocycles. The largest absolute Gasteiger partial charge is 0.480 e. The van der Waals surface area contributed by atoms with Gasteiger partial charge >= 0.3 is 5.97 Å². The zero-order valence-corrected chi connectivity index (χ0v) is 15.9. The van der Waals surface area contributed by atoms with E-state index in [0.717, 1.165) is 9.87 Å². The summed E-state index contributed by atoms with van der Waals surface area (Å²) >= 11 is 11.8. The van der Waals surface area contributed by atoms with E-state index in [1.807, 2.05) is 0 Å². The van der Waals surface area contributed by atoms with Gasteiger partial charge in [-0.05, 0) is 48.4 Å². The molecule has 0 radical (unpaired) electrons. The molecule has 0 saturated heterocycles. The molecule has 0 aliphatic rings. The van der Waals surface area contributed by atoms with Crippen LogP contribution < -0.4 is 0 Å². The molecule has 8 heteroatoms. The number of hydrogen-bond acceptors (Lipinski definition) is 3. The molecule has 0 aliphatic carbocycles. The molecule has 0 unspecified atom stereocenters. The fourth-order valence-corrected chi connectivity index (χ4v) is 4.03. The monoisotopic (exact) mass is 401 g/mol. The Bertz CT molecular complexity index is 882. The van der Waals surface area contributed by atoms with Crippen molar-refractivity contribution in [2.24, 2.45) is 0 Å². The molecule has 0 saturated carbocycles. The third-order valence-electron chi connectivity index (χ3n) is 4.01. The van der Waals surface area contributed by atoms with Crippen LogP contribution in [0.1, 0.15) is 11.1 Å². The molecule has 2 aromatic rings. The highest BCUT2D eigenvalue weighted by Crippen LogP contribution is 2.24. The van der Waals surface area contributed by atoms with Crippen molar-refractivity contribution >= 4 is 39.2 Å². The number of carboxylic acids is 1. The van der Waals surface area contributed by atoms with Crippen molar-refractivity contribution in [3.05, 3.63) is 63.6 Å². The maximum atomic E-state index is 12.7. The van der Waals surface area contributed by atoms with E-state index in [1.165, 1.54) is 31.3 Å². The van der Waals surface area contributed by atoms with Gasteiger partial charge in [-0.3, -0.25) is 4.79 Å². The molecule has 0 fully saturated rings. The van der Waals surface area contributed by atoms with Crippen LogP contribution in [-0.4, -0.2) is 36.9 Å². The van der Waals surface area contributed by atoms with Gasteiger partial charge in [0.2, 0.25) is 10.0 Å². The molecule has 0 heterocycles. The SMILES string of the molecule is Cc1c(Cl)cccc1C[C@H](C(=O)O)N(C)S(=O)(=O)c1ccc(Cl)cc1. The predicted molar refractivity (Wildman–Crippen MR) is 97.7 cm³/mol. The van der Waals surface area contributed by atoms with Crippen LogP contribution in [0.5, 0.6) is 0 Å². The summed E-state index contributed by atoms with van der Waals surface area (Å²) in [6.07, 6.45) is 0.00501. The minimum absolute atomic E-state index is 0.00501. The number of likely N-dealkylation sites (N-methyl/N-ethyl adjacent to an activating group) is 1. The lowest BCUT2D eigenvalue weighted by Gasteiger charge is -2.25. The first kappa shape index (κ1) is 19.7. The minimum Gasteiger partial charge on any atom is -0.480 e. The number of halogens is 2. The molecule has 25 heavy (non-hydrogen) atoms. The number of carbonyl (C=O) groups is 1. The third kappa shape index (κ3) is 4.33. The van der Waals surface area contributed by atoms with Crippen molar-refractivity contribution in [1.82, 2.24) is 4.31 Å². The Hall–Kier alpha value is -1.60. The first-order valence-electron chi connectivity index (χ1n) is 7.35. The molecular formula is C17H17Cl2NO4S. The third-order valence-corrected chi connectivity index (χ3v) is 6.55. The smallest absolute Gasteiger partial charge is 0.322 e. The predicted octanol–water partition coefficient (Wildman–Crippen LogP) is 3.62. The first-order valence-corrected chi connectivity index (χ1v) is 9.54. The Balaban J connectivity index is 2.37. The summed E-state index contributed by atoms with van der Waals surface area (Å²) < 4.78 is 26.3. The molecule has 0 spiro atoms. The van der Waals surface area contributed by atoms with Crippen LogP contribution in [0.3, 0.4) is 0 Å². The summed E-state index contributed by atoms with van der Waals surface area (Å²) in [6.45, 7) is 1.77. The molecule has 0 amide bonds. The van der Waals surface area contributed by atoms with Gasteiger partial charge in [0.05, 0.1) is 4.90 Å². The minimum atomic E-state index is -3.98. The van der Waals surface area contributed by atoms with Crippen molar-refractivity contribution in [3.63, 3.8) is 0 Å². The van der Waals surface area contributed by atoms with E-state index in [4.69, 9.17) is 23.2 Å². The maximum Gasteiger partial charge on any atom is 0.322 e. The molecular weight excluding hydrogens is 385 g/mol. The topological polar surface area (TPSA) is 74.7 Å². The summed E-state index contributed by atoms with van der Waals surface area (Å²) in [7, 11) is -2.73. The van der Waals surface area contributed by atoms with Crippen LogP contribution in [-0.2, 0) is 21.2 Å². The van der Waals surface area contributed by atoms with Crippen molar-refractivity contribution in [2.75, 3.05) is 7.05 Å². The second-order valence-corrected chi connectivity index (χ2v) is 8.40. The highest BCUT2D eigenvalue weighted by molar-refractivity contribution is 7.89. The van der Waals surface area contributed by atoms with Gasteiger partial charge in [0.25, 0.3) is 0 Å². The highest BCUT2D eigenvalue weighted by Gasteiger charge is 2.33. The van der Waals surface area contributed by atoms with Crippen LogP contribution in [0.15, 0.2) is 47.4 Å². The van der Waals surface area contributed by atoms with Crippen LogP contribution in [0.25, 0.3) is 0 Å². The van der Waals surface area contributed by atoms with Crippen LogP contribution >= 0.6 is 23.2 Å². The molecule has 2 rings (SSSR count). The first-order chi connectivity index (χ1) is 11.6. The average Bonchev–Trinajstić information content (AvgIpc) is 2.55. The van der Waals surface area contributed by atoms with Gasteiger partial charge in [-0.15, -0.1) is 0 Å². The van der Waals surface area contributed by atoms with E-state index >= 15 is 0 Å². The number of carboxylic acid groups (broad SMARTS) is 1. The van der Waals surface area contributed by atoms with Gasteiger partial charge in [0.15, 0.2) is 0 Å². The lowest BCUT2D eigenvalue weighted by molar-refractivity contribution is -0.141. The van der Waals surface area contributed by atoms with Gasteiger partial charge < -0.3 is 5.11 Å². The fraction of sp³-hybridized carbons (Fsp3) is 0.235. The van der Waals surface area contributed by atoms with Crippen molar-refractivity contribution < 1.29 is 18.3 Å². The summed E-state index contributed by atoms with van der Waals surface area (Å²) in [5.41, 5.74) is 1.41. The molecule has 2 aromatic carbocycles. The molecule has 0 bridgehead atoms. The average molecular weight is 402 g/mol. The van der Waals surface area contributed by atoms with Gasteiger partial charge in [0.1, 0.15) is 6.04 Å². The molecule has 1 N–H and O–H groups in total. The lowest BCUT2D eigenvalue weighted by atomic mass is 10.0. The Morgan fingerprint density at radius 2 is 1.76 bits per heavy atom. The van der Waals surface area contributed by atoms with Crippen molar-refractivity contribution in [1.29, 1.82) is 0 Å². The Kier molecular flexibility index (Phi) is 6.11. The molecule has 5 nitrogen and oxygen atoms in total. The normalized spacial score (nSPS) is 13.0. The van der Waals surface area contributed by atoms with E-state index < -0.39 is 22.0 Å². The zero-order valence-electron chi connectivity index (χ0n) is 13.6. The van der Waals surface area contributed by atoms with Gasteiger partial charge in [0, 0.05) is 23.5 Å². The number of benzene rings is 2. The Morgan fingerprint density at radius 1 is 1.16 bits per heavy atom. The van der Waals surface area contributed by atoms with Gasteiger partial charge in [-0.25, -0.2) is 8.42 Å². The van der Waals surface area contributed by atoms with E-state index in [9.17, 15) is 18.3 Å². The Morgan fingerprint density at radius 3 is 2.32 bits per heavy atom. The van der Waals surface area contributed by atoms with E-state index in [1.54, 1.807) is 25.1 Å². The van der Waals surface area contributed by atoms with Crippen LogP contribution in [0, 0.1) is 6.92 Å².